The van der Waals surface area contributed by atoms with Crippen LogP contribution in [0.4, 0.5) is 10.5 Å². The second-order valence-corrected chi connectivity index (χ2v) is 8.88. The molecule has 0 spiro atoms. The molecule has 1 saturated heterocycles. The molecule has 3 aromatic rings. The molecule has 168 valence electrons. The number of methoxy groups -OCH3 is 1. The van der Waals surface area contributed by atoms with Gasteiger partial charge < -0.3 is 19.7 Å². The van der Waals surface area contributed by atoms with Gasteiger partial charge in [0.15, 0.2) is 0 Å². The molecular formula is C25H30N4O3. The number of hydrogen-bond acceptors (Lipinski definition) is 4. The van der Waals surface area contributed by atoms with Gasteiger partial charge in [0.25, 0.3) is 0 Å². The molecule has 0 saturated carbocycles. The number of nitrogens with one attached hydrogen (secondary N) is 1. The van der Waals surface area contributed by atoms with E-state index in [2.05, 4.69) is 28.1 Å². The number of carboxylic acid groups (broad SMARTS) is 1. The average molecular weight is 435 g/mol. The van der Waals surface area contributed by atoms with E-state index in [0.717, 1.165) is 79.1 Å². The SMILES string of the molecule is COc1ccc(Cc2nc3c4c(ccc3n2C2CCNCC2)N(C(=O)O)C(C)CC4)cc1. The number of piperidine rings is 1. The van der Waals surface area contributed by atoms with E-state index in [-0.39, 0.29) is 6.04 Å². The molecular weight excluding hydrogens is 404 g/mol. The largest absolute Gasteiger partial charge is 0.497 e. The van der Waals surface area contributed by atoms with Gasteiger partial charge in [-0.3, -0.25) is 4.90 Å². The lowest BCUT2D eigenvalue weighted by atomic mass is 9.95. The maximum absolute atomic E-state index is 12.0. The molecule has 1 amide bonds. The summed E-state index contributed by atoms with van der Waals surface area (Å²) in [7, 11) is 1.68. The minimum Gasteiger partial charge on any atom is -0.497 e. The second-order valence-electron chi connectivity index (χ2n) is 8.88. The van der Waals surface area contributed by atoms with Crippen LogP contribution in [0, 0.1) is 0 Å². The van der Waals surface area contributed by atoms with Crippen LogP contribution in [0.5, 0.6) is 5.75 Å². The molecule has 1 unspecified atom stereocenters. The number of imidazole rings is 1. The lowest BCUT2D eigenvalue weighted by Gasteiger charge is -2.33. The Labute approximate surface area is 188 Å². The van der Waals surface area contributed by atoms with E-state index in [9.17, 15) is 9.90 Å². The molecule has 0 radical (unpaired) electrons. The van der Waals surface area contributed by atoms with Crippen molar-refractivity contribution in [1.82, 2.24) is 14.9 Å². The van der Waals surface area contributed by atoms with E-state index in [4.69, 9.17) is 9.72 Å². The molecule has 1 aromatic heterocycles. The normalized spacial score (nSPS) is 19.2. The fourth-order valence-electron chi connectivity index (χ4n) is 5.26. The highest BCUT2D eigenvalue weighted by atomic mass is 16.5. The summed E-state index contributed by atoms with van der Waals surface area (Å²) >= 11 is 0. The van der Waals surface area contributed by atoms with Crippen LogP contribution in [0.1, 0.15) is 49.2 Å². The van der Waals surface area contributed by atoms with Gasteiger partial charge in [-0.1, -0.05) is 12.1 Å². The van der Waals surface area contributed by atoms with Gasteiger partial charge in [0.05, 0.1) is 23.8 Å². The Morgan fingerprint density at radius 2 is 1.91 bits per heavy atom. The first kappa shape index (κ1) is 20.8. The highest BCUT2D eigenvalue weighted by Crippen LogP contribution is 2.38. The Hall–Kier alpha value is -3.06. The van der Waals surface area contributed by atoms with Crippen molar-refractivity contribution in [2.45, 2.75) is 51.1 Å². The van der Waals surface area contributed by atoms with Crippen LogP contribution in [0.2, 0.25) is 0 Å². The molecule has 0 bridgehead atoms. The number of fused-ring (bicyclic) bond motifs is 3. The standard InChI is InChI=1S/C25H30N4O3/c1-16-3-8-20-21(28(16)25(30)31)9-10-22-24(20)27-23(29(22)18-11-13-26-14-12-18)15-17-4-6-19(32-2)7-5-17/h4-7,9-10,16,18,26H,3,8,11-15H2,1-2H3,(H,30,31). The first-order chi connectivity index (χ1) is 15.6. The van der Waals surface area contributed by atoms with E-state index in [1.165, 1.54) is 10.5 Å². The number of aryl methyl sites for hydroxylation is 1. The molecule has 5 rings (SSSR count). The molecule has 1 atom stereocenters. The van der Waals surface area contributed by atoms with Gasteiger partial charge in [0.1, 0.15) is 11.6 Å². The van der Waals surface area contributed by atoms with Crippen LogP contribution in [-0.4, -0.2) is 47.0 Å². The average Bonchev–Trinajstić information content (AvgIpc) is 3.17. The van der Waals surface area contributed by atoms with Crippen molar-refractivity contribution in [2.24, 2.45) is 0 Å². The van der Waals surface area contributed by atoms with Crippen LogP contribution in [-0.2, 0) is 12.8 Å². The van der Waals surface area contributed by atoms with Gasteiger partial charge >= 0.3 is 6.09 Å². The Kier molecular flexibility index (Phi) is 5.51. The zero-order valence-electron chi connectivity index (χ0n) is 18.7. The Morgan fingerprint density at radius 1 is 1.16 bits per heavy atom. The molecule has 7 nitrogen and oxygen atoms in total. The summed E-state index contributed by atoms with van der Waals surface area (Å²) < 4.78 is 7.73. The van der Waals surface area contributed by atoms with Crippen LogP contribution in [0.3, 0.4) is 0 Å². The number of rotatable bonds is 4. The van der Waals surface area contributed by atoms with Gasteiger partial charge in [-0.25, -0.2) is 9.78 Å². The van der Waals surface area contributed by atoms with Crippen molar-refractivity contribution >= 4 is 22.8 Å². The van der Waals surface area contributed by atoms with Gasteiger partial charge in [0, 0.05) is 24.1 Å². The Balaban J connectivity index is 1.63. The highest BCUT2D eigenvalue weighted by Gasteiger charge is 2.31. The quantitative estimate of drug-likeness (QED) is 0.637. The van der Waals surface area contributed by atoms with E-state index < -0.39 is 6.09 Å². The summed E-state index contributed by atoms with van der Waals surface area (Å²) in [6.07, 6.45) is 3.63. The van der Waals surface area contributed by atoms with Gasteiger partial charge in [-0.05, 0) is 75.5 Å². The van der Waals surface area contributed by atoms with Gasteiger partial charge in [0.2, 0.25) is 0 Å². The minimum absolute atomic E-state index is 0.0253. The first-order valence-corrected chi connectivity index (χ1v) is 11.5. The van der Waals surface area contributed by atoms with Crippen molar-refractivity contribution in [3.8, 4) is 5.75 Å². The summed E-state index contributed by atoms with van der Waals surface area (Å²) in [6.45, 7) is 3.98. The summed E-state index contributed by atoms with van der Waals surface area (Å²) in [5.41, 5.74) is 5.12. The first-order valence-electron chi connectivity index (χ1n) is 11.5. The number of amides is 1. The maximum atomic E-state index is 12.0. The zero-order chi connectivity index (χ0) is 22.2. The van der Waals surface area contributed by atoms with Crippen molar-refractivity contribution in [1.29, 1.82) is 0 Å². The van der Waals surface area contributed by atoms with Crippen molar-refractivity contribution in [3.63, 3.8) is 0 Å². The smallest absolute Gasteiger partial charge is 0.412 e. The van der Waals surface area contributed by atoms with Crippen molar-refractivity contribution < 1.29 is 14.6 Å². The van der Waals surface area contributed by atoms with Crippen LogP contribution in [0.25, 0.3) is 11.0 Å². The van der Waals surface area contributed by atoms with E-state index in [0.29, 0.717) is 6.04 Å². The fraction of sp³-hybridized carbons (Fsp3) is 0.440. The predicted octanol–water partition coefficient (Wildman–Crippen LogP) is 4.38. The monoisotopic (exact) mass is 434 g/mol. The lowest BCUT2D eigenvalue weighted by molar-refractivity contribution is 0.198. The molecule has 2 aliphatic heterocycles. The number of carbonyl (C=O) groups is 1. The number of ether oxygens (including phenoxy) is 1. The number of hydrogen-bond donors (Lipinski definition) is 2. The number of anilines is 1. The van der Waals surface area contributed by atoms with Crippen molar-refractivity contribution in [3.05, 3.63) is 53.3 Å². The fourth-order valence-corrected chi connectivity index (χ4v) is 5.26. The highest BCUT2D eigenvalue weighted by molar-refractivity contribution is 5.94. The van der Waals surface area contributed by atoms with E-state index in [1.54, 1.807) is 7.11 Å². The summed E-state index contributed by atoms with van der Waals surface area (Å²) in [6, 6.07) is 12.6. The van der Waals surface area contributed by atoms with Crippen LogP contribution < -0.4 is 15.0 Å². The number of nitrogens with zero attached hydrogens (tertiary/aromatic N) is 3. The minimum atomic E-state index is -0.894. The van der Waals surface area contributed by atoms with Crippen LogP contribution in [0.15, 0.2) is 36.4 Å². The predicted molar refractivity (Wildman–Crippen MR) is 125 cm³/mol. The molecule has 3 heterocycles. The summed E-state index contributed by atoms with van der Waals surface area (Å²) in [5.74, 6) is 1.89. The third-order valence-electron chi connectivity index (χ3n) is 6.93. The third kappa shape index (κ3) is 3.60. The Morgan fingerprint density at radius 3 is 2.59 bits per heavy atom. The van der Waals surface area contributed by atoms with E-state index >= 15 is 0 Å². The molecule has 7 heteroatoms. The van der Waals surface area contributed by atoms with Crippen LogP contribution >= 0.6 is 0 Å². The third-order valence-corrected chi connectivity index (χ3v) is 6.93. The molecule has 0 aliphatic carbocycles. The Bertz CT molecular complexity index is 1130. The lowest BCUT2D eigenvalue weighted by Crippen LogP contribution is -2.41. The molecule has 2 aromatic carbocycles. The number of benzene rings is 2. The van der Waals surface area contributed by atoms with Gasteiger partial charge in [-0.15, -0.1) is 0 Å². The molecule has 2 N–H and O–H groups in total. The number of aromatic nitrogens is 2. The molecule has 2 aliphatic rings. The topological polar surface area (TPSA) is 79.6 Å². The van der Waals surface area contributed by atoms with E-state index in [1.807, 2.05) is 25.1 Å². The second kappa shape index (κ2) is 8.47. The molecule has 1 fully saturated rings. The summed E-state index contributed by atoms with van der Waals surface area (Å²) in [4.78, 5) is 18.6. The molecule has 32 heavy (non-hydrogen) atoms. The van der Waals surface area contributed by atoms with Gasteiger partial charge in [-0.2, -0.15) is 0 Å². The van der Waals surface area contributed by atoms with Crippen molar-refractivity contribution in [2.75, 3.05) is 25.1 Å². The summed E-state index contributed by atoms with van der Waals surface area (Å²) in [5, 5.41) is 13.3. The maximum Gasteiger partial charge on any atom is 0.412 e. The zero-order valence-corrected chi connectivity index (χ0v) is 18.7.